The van der Waals surface area contributed by atoms with Crippen LogP contribution in [0.5, 0.6) is 0 Å². The number of fused-ring (bicyclic) bond motifs is 1. The minimum atomic E-state index is -2.34. The van der Waals surface area contributed by atoms with Crippen LogP contribution in [0.3, 0.4) is 0 Å². The zero-order valence-electron chi connectivity index (χ0n) is 14.6. The Morgan fingerprint density at radius 3 is 2.59 bits per heavy atom. The molecule has 0 aliphatic heterocycles. The SMILES string of the molecule is CC(C)Cn1c(=O)n(C)c(=O)c2c(S(=O)O)c(Cc3cccnc3)sc21.[LiH]. The number of thiophene rings is 1. The van der Waals surface area contributed by atoms with Crippen LogP contribution in [0.2, 0.25) is 0 Å². The van der Waals surface area contributed by atoms with Crippen LogP contribution in [0.25, 0.3) is 10.2 Å². The average Bonchev–Trinajstić information content (AvgIpc) is 2.96. The molecule has 1 unspecified atom stereocenters. The van der Waals surface area contributed by atoms with Gasteiger partial charge in [0.15, 0.2) is 11.1 Å². The summed E-state index contributed by atoms with van der Waals surface area (Å²) in [6.07, 6.45) is 3.69. The molecule has 0 aliphatic rings. The quantitative estimate of drug-likeness (QED) is 0.514. The van der Waals surface area contributed by atoms with Gasteiger partial charge in [-0.15, -0.1) is 11.3 Å². The van der Waals surface area contributed by atoms with Crippen molar-refractivity contribution < 1.29 is 8.76 Å². The second-order valence-corrected chi connectivity index (χ2v) is 8.46. The van der Waals surface area contributed by atoms with Crippen molar-refractivity contribution in [3.8, 4) is 0 Å². The first kappa shape index (κ1) is 21.8. The fourth-order valence-electron chi connectivity index (χ4n) is 2.87. The number of rotatable bonds is 5. The summed E-state index contributed by atoms with van der Waals surface area (Å²) in [5.74, 6) is 0.181. The Balaban J connectivity index is 0.00000261. The standard InChI is InChI=1S/C17H19N3O4S2.Li.H/c1-10(2)9-20-16-13(15(21)19(3)17(20)22)14(26(23)24)12(25-16)7-11-5-4-6-18-8-11;;/h4-6,8,10H,7,9H2,1-3H3,(H,23,24);;. The molecule has 27 heavy (non-hydrogen) atoms. The van der Waals surface area contributed by atoms with Gasteiger partial charge >= 0.3 is 24.6 Å². The Bertz CT molecular complexity index is 1100. The number of nitrogens with zero attached hydrogens (tertiary/aromatic N) is 3. The van der Waals surface area contributed by atoms with Gasteiger partial charge < -0.3 is 4.55 Å². The summed E-state index contributed by atoms with van der Waals surface area (Å²) in [7, 11) is 1.39. The van der Waals surface area contributed by atoms with Crippen LogP contribution in [-0.4, -0.2) is 41.7 Å². The molecule has 0 fully saturated rings. The first-order valence-electron chi connectivity index (χ1n) is 8.06. The van der Waals surface area contributed by atoms with Crippen LogP contribution >= 0.6 is 11.3 Å². The molecule has 3 aromatic heterocycles. The predicted octanol–water partition coefficient (Wildman–Crippen LogP) is 1.34. The summed E-state index contributed by atoms with van der Waals surface area (Å²) in [6.45, 7) is 4.37. The summed E-state index contributed by atoms with van der Waals surface area (Å²) >= 11 is -1.12. The number of aromatic nitrogens is 3. The molecule has 3 rings (SSSR count). The minimum absolute atomic E-state index is 0. The molecule has 3 heterocycles. The Hall–Kier alpha value is -1.50. The van der Waals surface area contributed by atoms with Gasteiger partial charge in [-0.25, -0.2) is 9.00 Å². The van der Waals surface area contributed by atoms with E-state index < -0.39 is 22.3 Å². The van der Waals surface area contributed by atoms with E-state index in [4.69, 9.17) is 0 Å². The van der Waals surface area contributed by atoms with Gasteiger partial charge in [0, 0.05) is 37.3 Å². The third kappa shape index (κ3) is 4.17. The van der Waals surface area contributed by atoms with E-state index in [2.05, 4.69) is 4.98 Å². The van der Waals surface area contributed by atoms with Crippen molar-refractivity contribution in [1.29, 1.82) is 0 Å². The maximum atomic E-state index is 12.7. The van der Waals surface area contributed by atoms with E-state index in [-0.39, 0.29) is 35.1 Å². The third-order valence-electron chi connectivity index (χ3n) is 4.01. The number of hydrogen-bond donors (Lipinski definition) is 1. The second-order valence-electron chi connectivity index (χ2n) is 6.47. The first-order valence-corrected chi connectivity index (χ1v) is 9.98. The Morgan fingerprint density at radius 1 is 1.33 bits per heavy atom. The molecular weight excluding hydrogens is 381 g/mol. The van der Waals surface area contributed by atoms with Gasteiger partial charge in [0.25, 0.3) is 5.56 Å². The normalized spacial score (nSPS) is 12.3. The van der Waals surface area contributed by atoms with Crippen LogP contribution in [0.15, 0.2) is 39.0 Å². The van der Waals surface area contributed by atoms with Crippen LogP contribution in [0.4, 0.5) is 0 Å². The Morgan fingerprint density at radius 2 is 2.04 bits per heavy atom. The zero-order chi connectivity index (χ0) is 19.0. The van der Waals surface area contributed by atoms with E-state index in [1.165, 1.54) is 23.0 Å². The summed E-state index contributed by atoms with van der Waals surface area (Å²) in [5.41, 5.74) is -0.0999. The molecule has 0 saturated heterocycles. The van der Waals surface area contributed by atoms with E-state index >= 15 is 0 Å². The molecule has 0 radical (unpaired) electrons. The van der Waals surface area contributed by atoms with Crippen LogP contribution in [-0.2, 0) is 31.1 Å². The molecule has 3 aromatic rings. The molecule has 7 nitrogen and oxygen atoms in total. The summed E-state index contributed by atoms with van der Waals surface area (Å²) in [4.78, 5) is 30.4. The molecule has 0 amide bonds. The van der Waals surface area contributed by atoms with Gasteiger partial charge in [-0.3, -0.25) is 18.9 Å². The molecule has 0 spiro atoms. The maximum absolute atomic E-state index is 12.7. The first-order chi connectivity index (χ1) is 12.3. The van der Waals surface area contributed by atoms with Crippen molar-refractivity contribution in [2.45, 2.75) is 31.7 Å². The van der Waals surface area contributed by atoms with Crippen LogP contribution < -0.4 is 11.2 Å². The van der Waals surface area contributed by atoms with Gasteiger partial charge in [-0.05, 0) is 17.5 Å². The van der Waals surface area contributed by atoms with Crippen LogP contribution in [0, 0.1) is 5.92 Å². The monoisotopic (exact) mass is 401 g/mol. The Kier molecular flexibility index (Phi) is 7.00. The predicted molar refractivity (Wildman–Crippen MR) is 109 cm³/mol. The molecule has 0 saturated carbocycles. The molecule has 140 valence electrons. The Labute approximate surface area is 174 Å². The molecular formula is C17H20LiN3O4S2. The second kappa shape index (κ2) is 8.67. The van der Waals surface area contributed by atoms with Crippen molar-refractivity contribution in [2.75, 3.05) is 0 Å². The summed E-state index contributed by atoms with van der Waals surface area (Å²) < 4.78 is 24.4. The van der Waals surface area contributed by atoms with Crippen molar-refractivity contribution in [2.24, 2.45) is 13.0 Å². The van der Waals surface area contributed by atoms with Gasteiger partial charge in [-0.1, -0.05) is 19.9 Å². The fourth-order valence-corrected chi connectivity index (χ4v) is 5.12. The van der Waals surface area contributed by atoms with Crippen molar-refractivity contribution in [3.05, 3.63) is 55.8 Å². The molecule has 1 atom stereocenters. The number of hydrogen-bond acceptors (Lipinski definition) is 5. The van der Waals surface area contributed by atoms with Crippen molar-refractivity contribution in [3.63, 3.8) is 0 Å². The zero-order valence-corrected chi connectivity index (χ0v) is 16.3. The molecule has 0 aromatic carbocycles. The molecule has 10 heteroatoms. The van der Waals surface area contributed by atoms with E-state index in [9.17, 15) is 18.4 Å². The molecule has 0 aliphatic carbocycles. The summed E-state index contributed by atoms with van der Waals surface area (Å²) in [6, 6.07) is 3.65. The van der Waals surface area contributed by atoms with Crippen LogP contribution in [0.1, 0.15) is 24.3 Å². The topological polar surface area (TPSA) is 94.2 Å². The molecule has 1 N–H and O–H groups in total. The van der Waals surface area contributed by atoms with Crippen molar-refractivity contribution in [1.82, 2.24) is 14.1 Å². The average molecular weight is 401 g/mol. The van der Waals surface area contributed by atoms with E-state index in [1.54, 1.807) is 18.5 Å². The van der Waals surface area contributed by atoms with Crippen molar-refractivity contribution >= 4 is 51.5 Å². The van der Waals surface area contributed by atoms with Gasteiger partial charge in [0.1, 0.15) is 4.83 Å². The van der Waals surface area contributed by atoms with Gasteiger partial charge in [0.2, 0.25) is 0 Å². The van der Waals surface area contributed by atoms with E-state index in [0.29, 0.717) is 22.7 Å². The van der Waals surface area contributed by atoms with Gasteiger partial charge in [0.05, 0.1) is 10.3 Å². The van der Waals surface area contributed by atoms with E-state index in [1.807, 2.05) is 19.9 Å². The summed E-state index contributed by atoms with van der Waals surface area (Å²) in [5, 5.41) is 0.150. The fraction of sp³-hybridized carbons (Fsp3) is 0.353. The third-order valence-corrected chi connectivity index (χ3v) is 6.15. The number of pyridine rings is 1. The van der Waals surface area contributed by atoms with E-state index in [0.717, 1.165) is 10.1 Å². The van der Waals surface area contributed by atoms with Gasteiger partial charge in [-0.2, -0.15) is 0 Å². The molecule has 0 bridgehead atoms.